The Morgan fingerprint density at radius 1 is 1.06 bits per heavy atom. The first kappa shape index (κ1) is 19.4. The van der Waals surface area contributed by atoms with E-state index >= 15 is 0 Å². The van der Waals surface area contributed by atoms with Gasteiger partial charge in [0.2, 0.25) is 5.91 Å². The minimum Gasteiger partial charge on any atom is -0.387 e. The molecule has 1 N–H and O–H groups in total. The average molecular weight is 449 g/mol. The molecule has 0 spiro atoms. The summed E-state index contributed by atoms with van der Waals surface area (Å²) in [7, 11) is 0. The minimum atomic E-state index is -0.573. The number of aromatic nitrogens is 3. The Morgan fingerprint density at radius 3 is 2.68 bits per heavy atom. The number of anilines is 1. The van der Waals surface area contributed by atoms with Gasteiger partial charge in [0.25, 0.3) is 5.89 Å². The van der Waals surface area contributed by atoms with Crippen molar-refractivity contribution in [3.8, 4) is 21.3 Å². The van der Waals surface area contributed by atoms with Gasteiger partial charge in [-0.25, -0.2) is 9.78 Å². The molecule has 0 saturated heterocycles. The summed E-state index contributed by atoms with van der Waals surface area (Å²) in [5.41, 5.74) is 2.65. The largest absolute Gasteiger partial charge is 0.437 e. The van der Waals surface area contributed by atoms with Crippen molar-refractivity contribution in [3.05, 3.63) is 76.6 Å². The Bertz CT molecular complexity index is 1370. The molecular formula is C22H16N4O3S2. The van der Waals surface area contributed by atoms with Gasteiger partial charge < -0.3 is 9.73 Å². The number of thiophene rings is 1. The second kappa shape index (κ2) is 8.29. The number of fused-ring (bicyclic) bond motifs is 1. The molecule has 0 fully saturated rings. The van der Waals surface area contributed by atoms with E-state index in [2.05, 4.69) is 21.5 Å². The summed E-state index contributed by atoms with van der Waals surface area (Å²) in [6.45, 7) is 0.142. The fourth-order valence-corrected chi connectivity index (χ4v) is 4.69. The van der Waals surface area contributed by atoms with Gasteiger partial charge >= 0.3 is 5.76 Å². The lowest BCUT2D eigenvalue weighted by Crippen LogP contribution is -2.20. The van der Waals surface area contributed by atoms with E-state index in [0.29, 0.717) is 5.69 Å². The number of rotatable bonds is 6. The number of aryl methyl sites for hydroxylation is 1. The third-order valence-electron chi connectivity index (χ3n) is 4.60. The second-order valence-corrected chi connectivity index (χ2v) is 8.71. The molecule has 0 saturated carbocycles. The fraction of sp³-hybridized carbons (Fsp3) is 0.0909. The Hall–Kier alpha value is -3.56. The maximum absolute atomic E-state index is 12.3. The first-order chi connectivity index (χ1) is 15.2. The highest BCUT2D eigenvalue weighted by Crippen LogP contribution is 2.30. The van der Waals surface area contributed by atoms with Gasteiger partial charge in [-0.2, -0.15) is 4.68 Å². The van der Waals surface area contributed by atoms with Crippen molar-refractivity contribution in [1.82, 2.24) is 14.8 Å². The zero-order valence-electron chi connectivity index (χ0n) is 16.1. The van der Waals surface area contributed by atoms with E-state index in [1.165, 1.54) is 16.0 Å². The van der Waals surface area contributed by atoms with Crippen LogP contribution in [0, 0.1) is 0 Å². The van der Waals surface area contributed by atoms with Crippen molar-refractivity contribution in [1.29, 1.82) is 0 Å². The van der Waals surface area contributed by atoms with Gasteiger partial charge in [0.1, 0.15) is 5.01 Å². The molecule has 0 bridgehead atoms. The Balaban J connectivity index is 1.21. The molecule has 5 aromatic rings. The highest BCUT2D eigenvalue weighted by Gasteiger charge is 2.13. The molecule has 0 aliphatic carbocycles. The van der Waals surface area contributed by atoms with Crippen LogP contribution in [-0.4, -0.2) is 20.7 Å². The van der Waals surface area contributed by atoms with Crippen LogP contribution in [0.2, 0.25) is 0 Å². The van der Waals surface area contributed by atoms with Gasteiger partial charge in [-0.05, 0) is 47.8 Å². The number of hydrogen-bond acceptors (Lipinski definition) is 7. The van der Waals surface area contributed by atoms with Gasteiger partial charge in [-0.1, -0.05) is 18.2 Å². The van der Waals surface area contributed by atoms with E-state index in [-0.39, 0.29) is 24.8 Å². The number of thiazole rings is 1. The summed E-state index contributed by atoms with van der Waals surface area (Å²) in [5, 5.41) is 9.82. The summed E-state index contributed by atoms with van der Waals surface area (Å²) in [5.74, 6) is -0.512. The molecule has 154 valence electrons. The normalized spacial score (nSPS) is 11.1. The Kier molecular flexibility index (Phi) is 5.19. The number of carbonyl (C=O) groups is 1. The molecule has 0 aliphatic rings. The molecule has 5 rings (SSSR count). The van der Waals surface area contributed by atoms with Crippen LogP contribution in [0.1, 0.15) is 6.42 Å². The fourth-order valence-electron chi connectivity index (χ4n) is 3.07. The van der Waals surface area contributed by atoms with Crippen LogP contribution in [-0.2, 0) is 11.3 Å². The molecular weight excluding hydrogens is 432 g/mol. The van der Waals surface area contributed by atoms with E-state index in [9.17, 15) is 9.59 Å². The molecule has 3 aromatic heterocycles. The molecule has 31 heavy (non-hydrogen) atoms. The van der Waals surface area contributed by atoms with Crippen LogP contribution in [0.5, 0.6) is 0 Å². The van der Waals surface area contributed by atoms with Crippen LogP contribution >= 0.6 is 22.7 Å². The lowest BCUT2D eigenvalue weighted by atomic mass is 10.2. The van der Waals surface area contributed by atoms with E-state index < -0.39 is 5.76 Å². The number of nitrogens with one attached hydrogen (secondary N) is 1. The molecule has 7 nitrogen and oxygen atoms in total. The summed E-state index contributed by atoms with van der Waals surface area (Å²) >= 11 is 3.07. The molecule has 0 aliphatic heterocycles. The number of benzene rings is 2. The van der Waals surface area contributed by atoms with Crippen LogP contribution in [0.15, 0.2) is 75.3 Å². The first-order valence-corrected chi connectivity index (χ1v) is 11.2. The quantitative estimate of drug-likeness (QED) is 0.400. The lowest BCUT2D eigenvalue weighted by molar-refractivity contribution is -0.116. The third-order valence-corrected chi connectivity index (χ3v) is 6.54. The van der Waals surface area contributed by atoms with E-state index in [1.807, 2.05) is 60.0 Å². The maximum atomic E-state index is 12.3. The zero-order chi connectivity index (χ0) is 21.2. The molecule has 1 amide bonds. The number of hydrogen-bond donors (Lipinski definition) is 1. The average Bonchev–Trinajstić information content (AvgIpc) is 3.52. The van der Waals surface area contributed by atoms with Crippen LogP contribution in [0.3, 0.4) is 0 Å². The van der Waals surface area contributed by atoms with Gasteiger partial charge in [0.15, 0.2) is 0 Å². The topological polar surface area (TPSA) is 90.0 Å². The summed E-state index contributed by atoms with van der Waals surface area (Å²) in [4.78, 5) is 29.7. The standard InChI is InChI=1S/C22H16N4O3S2/c27-19(11-12-26-22(28)29-20(25-26)18-6-3-13-30-18)23-15-9-7-14(8-10-15)21-24-16-4-1-2-5-17(16)31-21/h1-10,13H,11-12H2,(H,23,27). The Morgan fingerprint density at radius 2 is 1.90 bits per heavy atom. The monoisotopic (exact) mass is 448 g/mol. The molecule has 9 heteroatoms. The molecule has 2 aromatic carbocycles. The third kappa shape index (κ3) is 4.18. The maximum Gasteiger partial charge on any atom is 0.437 e. The number of carbonyl (C=O) groups excluding carboxylic acids is 1. The van der Waals surface area contributed by atoms with Crippen LogP contribution in [0.25, 0.3) is 31.6 Å². The SMILES string of the molecule is O=C(CCn1nc(-c2cccs2)oc1=O)Nc1ccc(-c2nc3ccccc3s2)cc1. The van der Waals surface area contributed by atoms with E-state index in [0.717, 1.165) is 25.7 Å². The van der Waals surface area contributed by atoms with Crippen molar-refractivity contribution in [3.63, 3.8) is 0 Å². The highest BCUT2D eigenvalue weighted by atomic mass is 32.1. The number of amides is 1. The highest BCUT2D eigenvalue weighted by molar-refractivity contribution is 7.21. The predicted molar refractivity (Wildman–Crippen MR) is 122 cm³/mol. The van der Waals surface area contributed by atoms with E-state index in [4.69, 9.17) is 4.42 Å². The van der Waals surface area contributed by atoms with Crippen molar-refractivity contribution >= 4 is 44.5 Å². The van der Waals surface area contributed by atoms with Gasteiger partial charge in [-0.3, -0.25) is 4.79 Å². The van der Waals surface area contributed by atoms with Crippen molar-refractivity contribution < 1.29 is 9.21 Å². The summed E-state index contributed by atoms with van der Waals surface area (Å²) < 4.78 is 7.47. The molecule has 0 atom stereocenters. The summed E-state index contributed by atoms with van der Waals surface area (Å²) in [6.07, 6.45) is 0.107. The van der Waals surface area contributed by atoms with Crippen molar-refractivity contribution in [2.75, 3.05) is 5.32 Å². The van der Waals surface area contributed by atoms with Crippen molar-refractivity contribution in [2.45, 2.75) is 13.0 Å². The molecule has 3 heterocycles. The predicted octanol–water partition coefficient (Wildman–Crippen LogP) is 4.87. The van der Waals surface area contributed by atoms with Crippen LogP contribution < -0.4 is 11.1 Å². The number of para-hydroxylation sites is 1. The first-order valence-electron chi connectivity index (χ1n) is 9.53. The molecule has 0 unspecified atom stereocenters. The number of nitrogens with zero attached hydrogens (tertiary/aromatic N) is 3. The van der Waals surface area contributed by atoms with E-state index in [1.54, 1.807) is 11.3 Å². The Labute approximate surface area is 184 Å². The van der Waals surface area contributed by atoms with Crippen molar-refractivity contribution in [2.24, 2.45) is 0 Å². The smallest absolute Gasteiger partial charge is 0.387 e. The minimum absolute atomic E-state index is 0.107. The second-order valence-electron chi connectivity index (χ2n) is 6.74. The lowest BCUT2D eigenvalue weighted by Gasteiger charge is -2.05. The van der Waals surface area contributed by atoms with Crippen LogP contribution in [0.4, 0.5) is 5.69 Å². The van der Waals surface area contributed by atoms with Gasteiger partial charge in [0, 0.05) is 17.7 Å². The molecule has 0 radical (unpaired) electrons. The van der Waals surface area contributed by atoms with Gasteiger partial charge in [0.05, 0.1) is 21.6 Å². The summed E-state index contributed by atoms with van der Waals surface area (Å²) in [6, 6.07) is 19.2. The van der Waals surface area contributed by atoms with Gasteiger partial charge in [-0.15, -0.1) is 27.8 Å². The zero-order valence-corrected chi connectivity index (χ0v) is 17.8.